The molecule has 0 saturated carbocycles. The Bertz CT molecular complexity index is 202. The largest absolute Gasteiger partial charge is 0.501 e. The van der Waals surface area contributed by atoms with E-state index in [1.807, 2.05) is 13.8 Å². The first-order valence-corrected chi connectivity index (χ1v) is 3.85. The van der Waals surface area contributed by atoms with Crippen LogP contribution in [0.3, 0.4) is 0 Å². The molecule has 0 amide bonds. The summed E-state index contributed by atoms with van der Waals surface area (Å²) in [6.07, 6.45) is 3.39. The molecular formula is C9H14O2. The zero-order valence-corrected chi connectivity index (χ0v) is 7.31. The summed E-state index contributed by atoms with van der Waals surface area (Å²) in [5.41, 5.74) is -0.179. The lowest BCUT2D eigenvalue weighted by atomic mass is 9.79. The lowest BCUT2D eigenvalue weighted by molar-refractivity contribution is -0.123. The number of rotatable bonds is 1. The second kappa shape index (κ2) is 2.68. The molecule has 0 aromatic carbocycles. The van der Waals surface area contributed by atoms with Gasteiger partial charge in [-0.1, -0.05) is 13.8 Å². The van der Waals surface area contributed by atoms with Crippen LogP contribution in [0, 0.1) is 5.41 Å². The molecule has 0 atom stereocenters. The van der Waals surface area contributed by atoms with Gasteiger partial charge in [-0.2, -0.15) is 0 Å². The zero-order chi connectivity index (χ0) is 8.48. The molecule has 1 aliphatic carbocycles. The second-order valence-electron chi connectivity index (χ2n) is 3.56. The highest BCUT2D eigenvalue weighted by Crippen LogP contribution is 2.31. The van der Waals surface area contributed by atoms with Gasteiger partial charge in [0.05, 0.1) is 12.9 Å². The monoisotopic (exact) mass is 154 g/mol. The van der Waals surface area contributed by atoms with Gasteiger partial charge in [-0.25, -0.2) is 0 Å². The second-order valence-corrected chi connectivity index (χ2v) is 3.56. The fourth-order valence-corrected chi connectivity index (χ4v) is 1.13. The molecule has 0 aliphatic heterocycles. The Morgan fingerprint density at radius 2 is 2.18 bits per heavy atom. The average molecular weight is 154 g/mol. The van der Waals surface area contributed by atoms with Crippen molar-refractivity contribution >= 4 is 5.78 Å². The van der Waals surface area contributed by atoms with Gasteiger partial charge in [0, 0.05) is 17.9 Å². The predicted molar refractivity (Wildman–Crippen MR) is 43.1 cm³/mol. The van der Waals surface area contributed by atoms with E-state index in [2.05, 4.69) is 0 Å². The van der Waals surface area contributed by atoms with E-state index in [1.165, 1.54) is 0 Å². The molecule has 0 fully saturated rings. The van der Waals surface area contributed by atoms with Crippen LogP contribution in [-0.4, -0.2) is 12.9 Å². The molecule has 0 aromatic heterocycles. The van der Waals surface area contributed by atoms with Gasteiger partial charge < -0.3 is 4.74 Å². The molecule has 2 heteroatoms. The third-order valence-corrected chi connectivity index (χ3v) is 2.22. The van der Waals surface area contributed by atoms with Crippen LogP contribution in [0.25, 0.3) is 0 Å². The minimum absolute atomic E-state index is 0.179. The quantitative estimate of drug-likeness (QED) is 0.576. The SMILES string of the molecule is COC1=CC(=O)C(C)(C)CC1. The maximum absolute atomic E-state index is 11.3. The minimum Gasteiger partial charge on any atom is -0.501 e. The number of carbonyl (C=O) groups excluding carboxylic acids is 1. The summed E-state index contributed by atoms with van der Waals surface area (Å²) in [7, 11) is 1.61. The van der Waals surface area contributed by atoms with E-state index in [9.17, 15) is 4.79 Å². The standard InChI is InChI=1S/C9H14O2/c1-9(2)5-4-7(11-3)6-8(9)10/h6H,4-5H2,1-3H3. The highest BCUT2D eigenvalue weighted by atomic mass is 16.5. The van der Waals surface area contributed by atoms with Crippen LogP contribution in [-0.2, 0) is 9.53 Å². The molecule has 0 aromatic rings. The van der Waals surface area contributed by atoms with Gasteiger partial charge in [0.25, 0.3) is 0 Å². The van der Waals surface area contributed by atoms with Crippen molar-refractivity contribution in [2.45, 2.75) is 26.7 Å². The van der Waals surface area contributed by atoms with Crippen LogP contribution in [0.5, 0.6) is 0 Å². The molecule has 0 unspecified atom stereocenters. The van der Waals surface area contributed by atoms with Gasteiger partial charge in [-0.3, -0.25) is 4.79 Å². The first-order valence-electron chi connectivity index (χ1n) is 3.85. The third-order valence-electron chi connectivity index (χ3n) is 2.22. The van der Waals surface area contributed by atoms with Gasteiger partial charge in [-0.05, 0) is 6.42 Å². The zero-order valence-electron chi connectivity index (χ0n) is 7.31. The number of methoxy groups -OCH3 is 1. The van der Waals surface area contributed by atoms with Gasteiger partial charge >= 0.3 is 0 Å². The van der Waals surface area contributed by atoms with Crippen molar-refractivity contribution in [1.82, 2.24) is 0 Å². The first kappa shape index (κ1) is 8.31. The number of ether oxygens (including phenoxy) is 1. The highest BCUT2D eigenvalue weighted by Gasteiger charge is 2.30. The lowest BCUT2D eigenvalue weighted by Crippen LogP contribution is -2.26. The van der Waals surface area contributed by atoms with Crippen LogP contribution in [0.2, 0.25) is 0 Å². The van der Waals surface area contributed by atoms with Gasteiger partial charge in [-0.15, -0.1) is 0 Å². The maximum Gasteiger partial charge on any atom is 0.164 e. The summed E-state index contributed by atoms with van der Waals surface area (Å²) in [6, 6.07) is 0. The van der Waals surface area contributed by atoms with Crippen molar-refractivity contribution in [2.24, 2.45) is 5.41 Å². The Labute approximate surface area is 67.2 Å². The van der Waals surface area contributed by atoms with Gasteiger partial charge in [0.1, 0.15) is 0 Å². The Balaban J connectivity index is 2.79. The number of carbonyl (C=O) groups is 1. The Morgan fingerprint density at radius 3 is 2.64 bits per heavy atom. The number of hydrogen-bond acceptors (Lipinski definition) is 2. The number of allylic oxidation sites excluding steroid dienone is 2. The molecule has 0 radical (unpaired) electrons. The van der Waals surface area contributed by atoms with Crippen LogP contribution in [0.1, 0.15) is 26.7 Å². The van der Waals surface area contributed by atoms with Crippen molar-refractivity contribution in [3.05, 3.63) is 11.8 Å². The predicted octanol–water partition coefficient (Wildman–Crippen LogP) is 1.91. The van der Waals surface area contributed by atoms with Crippen molar-refractivity contribution in [3.8, 4) is 0 Å². The van der Waals surface area contributed by atoms with Crippen molar-refractivity contribution in [1.29, 1.82) is 0 Å². The summed E-state index contributed by atoms with van der Waals surface area (Å²) in [5, 5.41) is 0. The van der Waals surface area contributed by atoms with E-state index < -0.39 is 0 Å². The molecule has 1 rings (SSSR count). The summed E-state index contributed by atoms with van der Waals surface area (Å²) in [5.74, 6) is 0.995. The maximum atomic E-state index is 11.3. The molecule has 0 N–H and O–H groups in total. The van der Waals surface area contributed by atoms with Gasteiger partial charge in [0.2, 0.25) is 0 Å². The summed E-state index contributed by atoms with van der Waals surface area (Å²) < 4.78 is 5.00. The Morgan fingerprint density at radius 1 is 1.55 bits per heavy atom. The van der Waals surface area contributed by atoms with Crippen LogP contribution < -0.4 is 0 Å². The number of ketones is 1. The van der Waals surface area contributed by atoms with Crippen LogP contribution >= 0.6 is 0 Å². The molecule has 2 nitrogen and oxygen atoms in total. The topological polar surface area (TPSA) is 26.3 Å². The average Bonchev–Trinajstić information content (AvgIpc) is 1.95. The normalized spacial score (nSPS) is 22.8. The molecule has 1 aliphatic rings. The third kappa shape index (κ3) is 1.62. The molecule has 62 valence electrons. The van der Waals surface area contributed by atoms with E-state index >= 15 is 0 Å². The van der Waals surface area contributed by atoms with Crippen LogP contribution in [0.4, 0.5) is 0 Å². The van der Waals surface area contributed by atoms with E-state index in [0.29, 0.717) is 0 Å². The van der Waals surface area contributed by atoms with Crippen molar-refractivity contribution < 1.29 is 9.53 Å². The molecule has 11 heavy (non-hydrogen) atoms. The first-order chi connectivity index (χ1) is 5.06. The van der Waals surface area contributed by atoms with E-state index in [-0.39, 0.29) is 11.2 Å². The van der Waals surface area contributed by atoms with E-state index in [1.54, 1.807) is 13.2 Å². The Kier molecular flexibility index (Phi) is 2.03. The van der Waals surface area contributed by atoms with E-state index in [4.69, 9.17) is 4.74 Å². The summed E-state index contributed by atoms with van der Waals surface area (Å²) in [4.78, 5) is 11.3. The number of hydrogen-bond donors (Lipinski definition) is 0. The summed E-state index contributed by atoms with van der Waals surface area (Å²) in [6.45, 7) is 3.94. The fourth-order valence-electron chi connectivity index (χ4n) is 1.13. The highest BCUT2D eigenvalue weighted by molar-refractivity contribution is 5.95. The Hall–Kier alpha value is -0.790. The van der Waals surface area contributed by atoms with Crippen LogP contribution in [0.15, 0.2) is 11.8 Å². The fraction of sp³-hybridized carbons (Fsp3) is 0.667. The van der Waals surface area contributed by atoms with Crippen molar-refractivity contribution in [2.75, 3.05) is 7.11 Å². The van der Waals surface area contributed by atoms with Crippen molar-refractivity contribution in [3.63, 3.8) is 0 Å². The summed E-state index contributed by atoms with van der Waals surface area (Å²) >= 11 is 0. The van der Waals surface area contributed by atoms with Gasteiger partial charge in [0.15, 0.2) is 5.78 Å². The smallest absolute Gasteiger partial charge is 0.164 e. The molecular weight excluding hydrogens is 140 g/mol. The van der Waals surface area contributed by atoms with E-state index in [0.717, 1.165) is 18.6 Å². The molecule has 0 saturated heterocycles. The lowest BCUT2D eigenvalue weighted by Gasteiger charge is -2.26. The minimum atomic E-state index is -0.179. The molecule has 0 spiro atoms. The molecule has 0 heterocycles. The molecule has 0 bridgehead atoms.